The molecule has 0 aromatic heterocycles. The van der Waals surface area contributed by atoms with Crippen LogP contribution >= 0.6 is 0 Å². The lowest BCUT2D eigenvalue weighted by atomic mass is 9.92. The summed E-state index contributed by atoms with van der Waals surface area (Å²) in [5.74, 6) is -0.423. The van der Waals surface area contributed by atoms with Crippen molar-refractivity contribution in [1.29, 1.82) is 0 Å². The van der Waals surface area contributed by atoms with Crippen molar-refractivity contribution in [3.63, 3.8) is 0 Å². The highest BCUT2D eigenvalue weighted by Crippen LogP contribution is 2.29. The molecule has 0 radical (unpaired) electrons. The molecule has 0 fully saturated rings. The van der Waals surface area contributed by atoms with E-state index in [-0.39, 0.29) is 5.92 Å². The third kappa shape index (κ3) is 4.57. The second-order valence-electron chi connectivity index (χ2n) is 4.94. The molecule has 21 heavy (non-hydrogen) atoms. The van der Waals surface area contributed by atoms with Crippen LogP contribution in [-0.4, -0.2) is 23.7 Å². The van der Waals surface area contributed by atoms with Crippen molar-refractivity contribution in [2.75, 3.05) is 0 Å². The van der Waals surface area contributed by atoms with Gasteiger partial charge in [0.2, 0.25) is 0 Å². The molecule has 0 aliphatic heterocycles. The largest absolute Gasteiger partial charge is 0.461 e. The fourth-order valence-electron chi connectivity index (χ4n) is 1.75. The molecule has 0 aliphatic carbocycles. The quantitative estimate of drug-likeness (QED) is 0.760. The predicted octanol–water partition coefficient (Wildman–Crippen LogP) is 3.33. The van der Waals surface area contributed by atoms with Crippen LogP contribution in [0.2, 0.25) is 0 Å². The van der Waals surface area contributed by atoms with Gasteiger partial charge in [-0.25, -0.2) is 0 Å². The number of alkyl halides is 4. The normalized spacial score (nSPS) is 16.6. The Balaban J connectivity index is 2.78. The molecule has 1 aromatic carbocycles. The number of ether oxygens (including phenoxy) is 1. The average Bonchev–Trinajstić information content (AvgIpc) is 2.45. The number of nitrogens with two attached hydrogens (primary N) is 1. The summed E-state index contributed by atoms with van der Waals surface area (Å²) in [6.45, 7) is 3.75. The Bertz CT molecular complexity index is 439. The molecule has 0 heterocycles. The van der Waals surface area contributed by atoms with Crippen LogP contribution in [0.4, 0.5) is 17.6 Å². The maximum absolute atomic E-state index is 12.7. The van der Waals surface area contributed by atoms with Crippen molar-refractivity contribution in [1.82, 2.24) is 0 Å². The van der Waals surface area contributed by atoms with E-state index in [1.807, 2.05) is 13.8 Å². The van der Waals surface area contributed by atoms with Crippen LogP contribution in [-0.2, 0) is 0 Å². The van der Waals surface area contributed by atoms with E-state index in [2.05, 4.69) is 4.74 Å². The topological polar surface area (TPSA) is 55.5 Å². The van der Waals surface area contributed by atoms with Gasteiger partial charge in [-0.15, -0.1) is 0 Å². The summed E-state index contributed by atoms with van der Waals surface area (Å²) in [7, 11) is 0. The van der Waals surface area contributed by atoms with Gasteiger partial charge in [-0.1, -0.05) is 32.4 Å². The molecule has 1 rings (SSSR count). The van der Waals surface area contributed by atoms with E-state index in [1.54, 1.807) is 0 Å². The van der Waals surface area contributed by atoms with Gasteiger partial charge in [-0.2, -0.15) is 17.6 Å². The Hall–Kier alpha value is -1.34. The van der Waals surface area contributed by atoms with E-state index in [4.69, 9.17) is 5.73 Å². The van der Waals surface area contributed by atoms with Crippen LogP contribution in [0.1, 0.15) is 31.9 Å². The first-order valence-corrected chi connectivity index (χ1v) is 6.57. The molecule has 1 aromatic rings. The first kappa shape index (κ1) is 17.7. The van der Waals surface area contributed by atoms with Gasteiger partial charge in [-0.3, -0.25) is 0 Å². The highest BCUT2D eigenvalue weighted by Gasteiger charge is 2.43. The van der Waals surface area contributed by atoms with E-state index >= 15 is 0 Å². The number of hydrogen-bond acceptors (Lipinski definition) is 3. The molecular weight excluding hydrogens is 290 g/mol. The zero-order valence-corrected chi connectivity index (χ0v) is 11.8. The van der Waals surface area contributed by atoms with Crippen LogP contribution < -0.4 is 10.5 Å². The number of halogens is 4. The van der Waals surface area contributed by atoms with Crippen LogP contribution in [0.15, 0.2) is 24.3 Å². The van der Waals surface area contributed by atoms with Crippen LogP contribution in [0.3, 0.4) is 0 Å². The SMILES string of the molecule is CCC(C)[C@@H](O)[C@@H](N)c1ccc(OC(F)(F)C(F)F)cc1. The average molecular weight is 309 g/mol. The lowest BCUT2D eigenvalue weighted by molar-refractivity contribution is -0.253. The minimum absolute atomic E-state index is 0.0286. The number of rotatable bonds is 7. The van der Waals surface area contributed by atoms with Gasteiger partial charge >= 0.3 is 12.5 Å². The molecule has 120 valence electrons. The summed E-state index contributed by atoms with van der Waals surface area (Å²) in [5, 5.41) is 9.99. The van der Waals surface area contributed by atoms with Crippen molar-refractivity contribution in [3.8, 4) is 5.75 Å². The maximum atomic E-state index is 12.7. The van der Waals surface area contributed by atoms with Gasteiger partial charge in [0.25, 0.3) is 0 Å². The molecule has 3 nitrogen and oxygen atoms in total. The molecule has 0 saturated heterocycles. The summed E-state index contributed by atoms with van der Waals surface area (Å²) >= 11 is 0. The predicted molar refractivity (Wildman–Crippen MR) is 70.4 cm³/mol. The van der Waals surface area contributed by atoms with Gasteiger partial charge in [0.05, 0.1) is 12.1 Å². The van der Waals surface area contributed by atoms with Crippen molar-refractivity contribution < 1.29 is 27.4 Å². The van der Waals surface area contributed by atoms with Crippen LogP contribution in [0.25, 0.3) is 0 Å². The Morgan fingerprint density at radius 1 is 1.24 bits per heavy atom. The standard InChI is InChI=1S/C14H19F4NO2/c1-3-8(2)12(20)11(19)9-4-6-10(7-5-9)21-14(17,18)13(15)16/h4-8,11-13,20H,3,19H2,1-2H3/t8?,11-,12+/m0/s1. The van der Waals surface area contributed by atoms with Crippen molar-refractivity contribution in [3.05, 3.63) is 29.8 Å². The Labute approximate surface area is 120 Å². The molecule has 3 N–H and O–H groups in total. The second kappa shape index (κ2) is 7.09. The van der Waals surface area contributed by atoms with E-state index < -0.39 is 30.4 Å². The van der Waals surface area contributed by atoms with E-state index in [1.165, 1.54) is 12.1 Å². The van der Waals surface area contributed by atoms with Gasteiger partial charge in [-0.05, 0) is 23.6 Å². The Morgan fingerprint density at radius 2 is 1.76 bits per heavy atom. The van der Waals surface area contributed by atoms with Crippen LogP contribution in [0.5, 0.6) is 5.75 Å². The van der Waals surface area contributed by atoms with Crippen LogP contribution in [0, 0.1) is 5.92 Å². The van der Waals surface area contributed by atoms with E-state index in [0.29, 0.717) is 5.56 Å². The fourth-order valence-corrected chi connectivity index (χ4v) is 1.75. The summed E-state index contributed by atoms with van der Waals surface area (Å²) in [6.07, 6.45) is -8.51. The van der Waals surface area contributed by atoms with Gasteiger partial charge < -0.3 is 15.6 Å². The van der Waals surface area contributed by atoms with Crippen molar-refractivity contribution in [2.45, 2.75) is 44.9 Å². The van der Waals surface area contributed by atoms with Gasteiger partial charge in [0.15, 0.2) is 0 Å². The minimum Gasteiger partial charge on any atom is -0.428 e. The smallest absolute Gasteiger partial charge is 0.428 e. The molecule has 3 atom stereocenters. The molecule has 0 aliphatic rings. The molecule has 0 saturated carbocycles. The van der Waals surface area contributed by atoms with E-state index in [0.717, 1.165) is 18.6 Å². The minimum atomic E-state index is -4.54. The molecule has 0 amide bonds. The molecule has 7 heteroatoms. The number of aliphatic hydroxyl groups is 1. The molecule has 1 unspecified atom stereocenters. The maximum Gasteiger partial charge on any atom is 0.461 e. The molecule has 0 bridgehead atoms. The number of hydrogen-bond donors (Lipinski definition) is 2. The summed E-state index contributed by atoms with van der Waals surface area (Å²) < 4.78 is 53.4. The Kier molecular flexibility index (Phi) is 5.98. The summed E-state index contributed by atoms with van der Waals surface area (Å²) in [4.78, 5) is 0. The van der Waals surface area contributed by atoms with E-state index in [9.17, 15) is 22.7 Å². The molecular formula is C14H19F4NO2. The first-order valence-electron chi connectivity index (χ1n) is 6.57. The summed E-state index contributed by atoms with van der Waals surface area (Å²) in [5.41, 5.74) is 6.39. The first-order chi connectivity index (χ1) is 9.69. The number of aliphatic hydroxyl groups excluding tert-OH is 1. The zero-order valence-electron chi connectivity index (χ0n) is 11.8. The van der Waals surface area contributed by atoms with Crippen molar-refractivity contribution in [2.24, 2.45) is 11.7 Å². The summed E-state index contributed by atoms with van der Waals surface area (Å²) in [6, 6.07) is 4.29. The molecule has 0 spiro atoms. The Morgan fingerprint density at radius 3 is 2.19 bits per heavy atom. The van der Waals surface area contributed by atoms with Gasteiger partial charge in [0, 0.05) is 0 Å². The lowest BCUT2D eigenvalue weighted by Gasteiger charge is -2.24. The third-order valence-corrected chi connectivity index (χ3v) is 3.37. The highest BCUT2D eigenvalue weighted by molar-refractivity contribution is 5.30. The zero-order chi connectivity index (χ0) is 16.2. The lowest BCUT2D eigenvalue weighted by Crippen LogP contribution is -2.33. The van der Waals surface area contributed by atoms with Gasteiger partial charge in [0.1, 0.15) is 5.75 Å². The number of benzene rings is 1. The monoisotopic (exact) mass is 309 g/mol. The fraction of sp³-hybridized carbons (Fsp3) is 0.571. The third-order valence-electron chi connectivity index (χ3n) is 3.37. The highest BCUT2D eigenvalue weighted by atomic mass is 19.3. The van der Waals surface area contributed by atoms with Crippen molar-refractivity contribution >= 4 is 0 Å². The second-order valence-corrected chi connectivity index (χ2v) is 4.94.